The number of piperidine rings is 1. The molecule has 31 heavy (non-hydrogen) atoms. The van der Waals surface area contributed by atoms with Gasteiger partial charge < -0.3 is 10.2 Å². The summed E-state index contributed by atoms with van der Waals surface area (Å²) in [6, 6.07) is 0.121. The number of aryl methyl sites for hydroxylation is 1. The van der Waals surface area contributed by atoms with Crippen molar-refractivity contribution < 1.29 is 4.79 Å². The summed E-state index contributed by atoms with van der Waals surface area (Å²) in [4.78, 5) is 17.8. The molecule has 0 unspecified atom stereocenters. The molecular formula is C22H36N6OS2. The molecule has 1 aliphatic heterocycles. The number of hydrogen-bond donors (Lipinski definition) is 2. The van der Waals surface area contributed by atoms with Gasteiger partial charge in [0.15, 0.2) is 0 Å². The minimum atomic E-state index is -0.193. The Bertz CT molecular complexity index is 891. The van der Waals surface area contributed by atoms with E-state index in [1.165, 1.54) is 27.5 Å². The van der Waals surface area contributed by atoms with Crippen LogP contribution < -0.4 is 14.3 Å². The number of urea groups is 1. The quantitative estimate of drug-likeness (QED) is 0.543. The highest BCUT2D eigenvalue weighted by molar-refractivity contribution is 7.99. The van der Waals surface area contributed by atoms with Crippen LogP contribution in [0.3, 0.4) is 0 Å². The monoisotopic (exact) mass is 464 g/mol. The molecule has 1 aliphatic rings. The second kappa shape index (κ2) is 10.3. The summed E-state index contributed by atoms with van der Waals surface area (Å²) >= 11 is 3.17. The fourth-order valence-electron chi connectivity index (χ4n) is 4.09. The van der Waals surface area contributed by atoms with Crippen LogP contribution in [0.4, 0.5) is 16.2 Å². The minimum absolute atomic E-state index is 0.193. The standard InChI is InChI=1S/C22H36N6OS2/c1-14(2)20-16(5)19(21(30-20)15(3)4)24-22(29)25-31-28(18-11-23-27(7)13-18)17-9-8-10-26(6)12-17/h11,13-15,17H,8-10,12H2,1-7H3,(H2,24,25,29)/t17-/m1/s1. The molecule has 2 N–H and O–H groups in total. The number of hydrogen-bond acceptors (Lipinski definition) is 6. The number of anilines is 2. The molecule has 2 amide bonds. The third kappa shape index (κ3) is 5.75. The number of carbonyl (C=O) groups is 1. The number of likely N-dealkylation sites (N-methyl/N-ethyl adjacent to an activating group) is 1. The zero-order chi connectivity index (χ0) is 22.7. The summed E-state index contributed by atoms with van der Waals surface area (Å²) in [7, 11) is 4.07. The molecule has 7 nitrogen and oxygen atoms in total. The average molecular weight is 465 g/mol. The number of likely N-dealkylation sites (tertiary alicyclic amines) is 1. The van der Waals surface area contributed by atoms with Gasteiger partial charge in [-0.2, -0.15) is 5.10 Å². The Balaban J connectivity index is 1.73. The Hall–Kier alpha value is -1.71. The van der Waals surface area contributed by atoms with E-state index >= 15 is 0 Å². The molecule has 0 saturated carbocycles. The van der Waals surface area contributed by atoms with Crippen LogP contribution in [0.1, 0.15) is 67.7 Å². The summed E-state index contributed by atoms with van der Waals surface area (Å²) in [5, 5.41) is 7.47. The van der Waals surface area contributed by atoms with Gasteiger partial charge in [-0.05, 0) is 50.8 Å². The SMILES string of the molecule is Cc1c(C(C)C)sc(C(C)C)c1NC(=O)NSN(c1cnn(C)c1)[C@@H]1CCCN(C)C1. The normalized spacial score (nSPS) is 17.4. The molecule has 2 aromatic rings. The molecule has 0 radical (unpaired) electrons. The predicted molar refractivity (Wildman–Crippen MR) is 133 cm³/mol. The van der Waals surface area contributed by atoms with E-state index in [1.807, 2.05) is 30.8 Å². The second-order valence-corrected chi connectivity index (χ2v) is 10.9. The van der Waals surface area contributed by atoms with Crippen LogP contribution in [0, 0.1) is 6.92 Å². The third-order valence-corrected chi connectivity index (χ3v) is 8.49. The Morgan fingerprint density at radius 1 is 1.26 bits per heavy atom. The Kier molecular flexibility index (Phi) is 7.93. The Morgan fingerprint density at radius 2 is 1.97 bits per heavy atom. The topological polar surface area (TPSA) is 65.4 Å². The van der Waals surface area contributed by atoms with E-state index < -0.39 is 0 Å². The van der Waals surface area contributed by atoms with Crippen molar-refractivity contribution in [1.29, 1.82) is 0 Å². The first-order valence-electron chi connectivity index (χ1n) is 11.0. The van der Waals surface area contributed by atoms with Gasteiger partial charge in [0.2, 0.25) is 0 Å². The lowest BCUT2D eigenvalue weighted by Gasteiger charge is -2.37. The van der Waals surface area contributed by atoms with E-state index in [-0.39, 0.29) is 6.03 Å². The summed E-state index contributed by atoms with van der Waals surface area (Å²) in [5.41, 5.74) is 3.15. The Morgan fingerprint density at radius 3 is 2.55 bits per heavy atom. The van der Waals surface area contributed by atoms with Crippen LogP contribution in [-0.2, 0) is 7.05 Å². The number of amides is 2. The fourth-order valence-corrected chi connectivity index (χ4v) is 6.11. The zero-order valence-electron chi connectivity index (χ0n) is 19.7. The van der Waals surface area contributed by atoms with Gasteiger partial charge in [-0.25, -0.2) is 4.79 Å². The van der Waals surface area contributed by atoms with Crippen molar-refractivity contribution in [3.63, 3.8) is 0 Å². The predicted octanol–water partition coefficient (Wildman–Crippen LogP) is 5.32. The van der Waals surface area contributed by atoms with E-state index in [4.69, 9.17) is 0 Å². The second-order valence-electron chi connectivity index (χ2n) is 9.04. The highest BCUT2D eigenvalue weighted by Gasteiger charge is 2.27. The van der Waals surface area contributed by atoms with Gasteiger partial charge in [0.25, 0.3) is 0 Å². The summed E-state index contributed by atoms with van der Waals surface area (Å²) in [6.45, 7) is 13.0. The van der Waals surface area contributed by atoms with Crippen LogP contribution in [-0.4, -0.2) is 46.9 Å². The van der Waals surface area contributed by atoms with Crippen LogP contribution in [0.5, 0.6) is 0 Å². The molecule has 0 aliphatic carbocycles. The first-order chi connectivity index (χ1) is 14.7. The molecule has 1 fully saturated rings. The van der Waals surface area contributed by atoms with Crippen molar-refractivity contribution in [2.45, 2.75) is 65.3 Å². The fraction of sp³-hybridized carbons (Fsp3) is 0.636. The minimum Gasteiger partial charge on any atom is -0.306 e. The average Bonchev–Trinajstić information content (AvgIpc) is 3.26. The lowest BCUT2D eigenvalue weighted by molar-refractivity contribution is 0.253. The van der Waals surface area contributed by atoms with Crippen molar-refractivity contribution >= 4 is 40.9 Å². The van der Waals surface area contributed by atoms with Crippen LogP contribution >= 0.6 is 23.5 Å². The lowest BCUT2D eigenvalue weighted by Crippen LogP contribution is -2.45. The van der Waals surface area contributed by atoms with E-state index in [0.29, 0.717) is 17.9 Å². The van der Waals surface area contributed by atoms with E-state index in [0.717, 1.165) is 37.3 Å². The number of nitrogens with one attached hydrogen (secondary N) is 2. The van der Waals surface area contributed by atoms with Gasteiger partial charge in [0.05, 0.1) is 35.7 Å². The molecule has 1 atom stereocenters. The van der Waals surface area contributed by atoms with Crippen molar-refractivity contribution in [2.24, 2.45) is 7.05 Å². The Labute approximate surface area is 194 Å². The highest BCUT2D eigenvalue weighted by Crippen LogP contribution is 2.41. The molecule has 0 aromatic carbocycles. The van der Waals surface area contributed by atoms with E-state index in [9.17, 15) is 4.79 Å². The largest absolute Gasteiger partial charge is 0.330 e. The maximum Gasteiger partial charge on any atom is 0.330 e. The van der Waals surface area contributed by atoms with Crippen LogP contribution in [0.25, 0.3) is 0 Å². The van der Waals surface area contributed by atoms with Crippen molar-refractivity contribution in [3.8, 4) is 0 Å². The molecular weight excluding hydrogens is 428 g/mol. The first kappa shape index (κ1) is 23.9. The summed E-state index contributed by atoms with van der Waals surface area (Å²) in [6.07, 6.45) is 6.09. The lowest BCUT2D eigenvalue weighted by atomic mass is 10.0. The number of aromatic nitrogens is 2. The molecule has 172 valence electrons. The van der Waals surface area contributed by atoms with Crippen molar-refractivity contribution in [1.82, 2.24) is 19.4 Å². The van der Waals surface area contributed by atoms with E-state index in [1.54, 1.807) is 4.68 Å². The molecule has 2 aromatic heterocycles. The molecule has 0 bridgehead atoms. The molecule has 9 heteroatoms. The maximum atomic E-state index is 12.9. The van der Waals surface area contributed by atoms with Gasteiger partial charge in [0, 0.05) is 29.5 Å². The maximum absolute atomic E-state index is 12.9. The molecule has 3 heterocycles. The van der Waals surface area contributed by atoms with Gasteiger partial charge in [-0.1, -0.05) is 27.7 Å². The third-order valence-electron chi connectivity index (χ3n) is 5.61. The van der Waals surface area contributed by atoms with Crippen LogP contribution in [0.2, 0.25) is 0 Å². The van der Waals surface area contributed by atoms with Crippen molar-refractivity contribution in [3.05, 3.63) is 27.7 Å². The summed E-state index contributed by atoms with van der Waals surface area (Å²) in [5.74, 6) is 0.809. The number of rotatable bonds is 7. The summed E-state index contributed by atoms with van der Waals surface area (Å²) < 4.78 is 7.01. The van der Waals surface area contributed by atoms with Gasteiger partial charge in [-0.3, -0.25) is 13.7 Å². The smallest absolute Gasteiger partial charge is 0.306 e. The van der Waals surface area contributed by atoms with Gasteiger partial charge >= 0.3 is 6.03 Å². The van der Waals surface area contributed by atoms with E-state index in [2.05, 4.69) is 66.0 Å². The highest BCUT2D eigenvalue weighted by atomic mass is 32.2. The molecule has 0 spiro atoms. The van der Waals surface area contributed by atoms with Gasteiger partial charge in [-0.15, -0.1) is 11.3 Å². The number of thiophene rings is 1. The van der Waals surface area contributed by atoms with Gasteiger partial charge in [0.1, 0.15) is 0 Å². The number of carbonyl (C=O) groups excluding carboxylic acids is 1. The van der Waals surface area contributed by atoms with Crippen molar-refractivity contribution in [2.75, 3.05) is 29.8 Å². The molecule has 1 saturated heterocycles. The van der Waals surface area contributed by atoms with Crippen LogP contribution in [0.15, 0.2) is 12.4 Å². The first-order valence-corrected chi connectivity index (χ1v) is 12.6. The number of nitrogens with zero attached hydrogens (tertiary/aromatic N) is 4. The zero-order valence-corrected chi connectivity index (χ0v) is 21.4. The molecule has 3 rings (SSSR count).